The average Bonchev–Trinajstić information content (AvgIpc) is 2.75. The number of methoxy groups -OCH3 is 1. The maximum Gasteiger partial charge on any atom is 0.118 e. The van der Waals surface area contributed by atoms with Gasteiger partial charge in [-0.25, -0.2) is 0 Å². The highest BCUT2D eigenvalue weighted by molar-refractivity contribution is 6.31. The topological polar surface area (TPSA) is 46.2 Å². The van der Waals surface area contributed by atoms with E-state index in [1.54, 1.807) is 7.11 Å². The summed E-state index contributed by atoms with van der Waals surface area (Å²) in [5, 5.41) is 9.33. The number of nitrogens with zero attached hydrogens (tertiary/aromatic N) is 1. The van der Waals surface area contributed by atoms with E-state index in [0.29, 0.717) is 12.1 Å². The molecule has 0 amide bonds. The summed E-state index contributed by atoms with van der Waals surface area (Å²) in [6.45, 7) is 1.02. The number of anilines is 1. The second-order valence-electron chi connectivity index (χ2n) is 7.77. The highest BCUT2D eigenvalue weighted by atomic mass is 35.5. The third kappa shape index (κ3) is 6.88. The zero-order valence-corrected chi connectivity index (χ0v) is 20.0. The van der Waals surface area contributed by atoms with Gasteiger partial charge < -0.3 is 15.4 Å². The van der Waals surface area contributed by atoms with E-state index in [4.69, 9.17) is 16.3 Å². The van der Waals surface area contributed by atoms with Crippen molar-refractivity contribution in [1.29, 1.82) is 0 Å². The first-order chi connectivity index (χ1) is 14.2. The molecule has 4 nitrogen and oxygen atoms in total. The van der Waals surface area contributed by atoms with Crippen LogP contribution in [0.15, 0.2) is 54.7 Å². The number of aromatic nitrogens is 1. The van der Waals surface area contributed by atoms with Crippen molar-refractivity contribution in [1.82, 2.24) is 10.3 Å². The van der Waals surface area contributed by atoms with Gasteiger partial charge in [0, 0.05) is 34.4 Å². The van der Waals surface area contributed by atoms with Crippen LogP contribution in [-0.4, -0.2) is 30.7 Å². The molecule has 31 heavy (non-hydrogen) atoms. The van der Waals surface area contributed by atoms with Gasteiger partial charge in [-0.1, -0.05) is 23.7 Å². The molecule has 3 aromatic rings. The van der Waals surface area contributed by atoms with Crippen LogP contribution in [0.25, 0.3) is 10.9 Å². The lowest BCUT2D eigenvalue weighted by Gasteiger charge is -2.30. The maximum atomic E-state index is 6.10. The lowest BCUT2D eigenvalue weighted by Crippen LogP contribution is -2.37. The summed E-state index contributed by atoms with van der Waals surface area (Å²) in [4.78, 5) is 4.43. The van der Waals surface area contributed by atoms with Crippen molar-refractivity contribution in [3.63, 3.8) is 0 Å². The molecule has 168 valence electrons. The molecule has 0 aliphatic heterocycles. The molecule has 1 heterocycles. The molecule has 0 atom stereocenters. The monoisotopic (exact) mass is 481 g/mol. The lowest BCUT2D eigenvalue weighted by atomic mass is 9.90. The van der Waals surface area contributed by atoms with Gasteiger partial charge in [0.2, 0.25) is 0 Å². The molecule has 1 fully saturated rings. The maximum absolute atomic E-state index is 6.10. The lowest BCUT2D eigenvalue weighted by molar-refractivity contribution is 0.356. The van der Waals surface area contributed by atoms with E-state index in [1.165, 1.54) is 31.2 Å². The first-order valence-electron chi connectivity index (χ1n) is 10.4. The third-order valence-electron chi connectivity index (χ3n) is 5.80. The Balaban J connectivity index is 0.00000171. The van der Waals surface area contributed by atoms with Crippen molar-refractivity contribution >= 4 is 53.0 Å². The molecule has 7 heteroatoms. The molecule has 2 N–H and O–H groups in total. The first-order valence-corrected chi connectivity index (χ1v) is 10.8. The van der Waals surface area contributed by atoms with Crippen molar-refractivity contribution in [2.75, 3.05) is 19.0 Å². The molecule has 0 bridgehead atoms. The summed E-state index contributed by atoms with van der Waals surface area (Å²) >= 11 is 6.10. The molecule has 2 aromatic carbocycles. The number of fused-ring (bicyclic) bond motifs is 1. The predicted molar refractivity (Wildman–Crippen MR) is 136 cm³/mol. The van der Waals surface area contributed by atoms with E-state index in [0.717, 1.165) is 40.3 Å². The zero-order chi connectivity index (χ0) is 20.1. The highest BCUT2D eigenvalue weighted by Gasteiger charge is 2.21. The number of ether oxygens (including phenoxy) is 1. The molecule has 4 rings (SSSR count). The van der Waals surface area contributed by atoms with Gasteiger partial charge >= 0.3 is 0 Å². The first kappa shape index (κ1) is 25.5. The van der Waals surface area contributed by atoms with Crippen LogP contribution in [0.3, 0.4) is 0 Å². The molecule has 1 aliphatic carbocycles. The van der Waals surface area contributed by atoms with E-state index in [9.17, 15) is 0 Å². The Kier molecular flexibility index (Phi) is 10.2. The Labute approximate surface area is 201 Å². The number of halogens is 3. The van der Waals surface area contributed by atoms with Gasteiger partial charge in [0.25, 0.3) is 0 Å². The van der Waals surface area contributed by atoms with Crippen LogP contribution in [0.2, 0.25) is 5.02 Å². The average molecular weight is 483 g/mol. The molecule has 1 aliphatic rings. The van der Waals surface area contributed by atoms with Crippen LogP contribution < -0.4 is 15.4 Å². The van der Waals surface area contributed by atoms with Crippen molar-refractivity contribution in [2.24, 2.45) is 0 Å². The van der Waals surface area contributed by atoms with Crippen molar-refractivity contribution in [3.05, 3.63) is 65.3 Å². The van der Waals surface area contributed by atoms with Gasteiger partial charge in [-0.15, -0.1) is 24.8 Å². The summed E-state index contributed by atoms with van der Waals surface area (Å²) in [6.07, 6.45) is 7.67. The Bertz CT molecular complexity index is 944. The SMILES string of the molecule is COc1ccc(CCNC2CCC(Nc3ccnc4cc(Cl)ccc34)CC2)cc1.Cl.Cl. The summed E-state index contributed by atoms with van der Waals surface area (Å²) < 4.78 is 5.22. The largest absolute Gasteiger partial charge is 0.497 e. The van der Waals surface area contributed by atoms with Crippen LogP contribution in [-0.2, 0) is 6.42 Å². The smallest absolute Gasteiger partial charge is 0.118 e. The quantitative estimate of drug-likeness (QED) is 0.415. The summed E-state index contributed by atoms with van der Waals surface area (Å²) in [5.74, 6) is 0.914. The summed E-state index contributed by atoms with van der Waals surface area (Å²) in [7, 11) is 1.70. The predicted octanol–water partition coefficient (Wildman–Crippen LogP) is 6.30. The second kappa shape index (κ2) is 12.4. The van der Waals surface area contributed by atoms with Crippen LogP contribution in [0.5, 0.6) is 5.75 Å². The fourth-order valence-electron chi connectivity index (χ4n) is 4.12. The minimum Gasteiger partial charge on any atom is -0.497 e. The van der Waals surface area contributed by atoms with Gasteiger partial charge in [0.15, 0.2) is 0 Å². The van der Waals surface area contributed by atoms with Crippen LogP contribution >= 0.6 is 36.4 Å². The fourth-order valence-corrected chi connectivity index (χ4v) is 4.29. The summed E-state index contributed by atoms with van der Waals surface area (Å²) in [6, 6.07) is 17.4. The van der Waals surface area contributed by atoms with E-state index in [-0.39, 0.29) is 24.8 Å². The number of hydrogen-bond acceptors (Lipinski definition) is 4. The Morgan fingerprint density at radius 2 is 1.68 bits per heavy atom. The molecular weight excluding hydrogens is 453 g/mol. The minimum absolute atomic E-state index is 0. The standard InChI is InChI=1S/C24H28ClN3O.2ClH/c1-29-21-9-2-17(3-10-21)12-14-26-19-5-7-20(8-6-19)28-23-13-15-27-24-16-18(25)4-11-22(23)24;;/h2-4,9-11,13,15-16,19-20,26H,5-8,12,14H2,1H3,(H,27,28);2*1H. The molecule has 0 saturated heterocycles. The third-order valence-corrected chi connectivity index (χ3v) is 6.03. The molecule has 0 unspecified atom stereocenters. The van der Waals surface area contributed by atoms with E-state index in [1.807, 2.05) is 30.5 Å². The molecule has 1 saturated carbocycles. The number of nitrogens with one attached hydrogen (secondary N) is 2. The normalized spacial score (nSPS) is 18.0. The van der Waals surface area contributed by atoms with Crippen molar-refractivity contribution in [3.8, 4) is 5.75 Å². The highest BCUT2D eigenvalue weighted by Crippen LogP contribution is 2.28. The van der Waals surface area contributed by atoms with Crippen molar-refractivity contribution < 1.29 is 4.74 Å². The van der Waals surface area contributed by atoms with Crippen molar-refractivity contribution in [2.45, 2.75) is 44.2 Å². The molecular formula is C24H30Cl3N3O. The molecule has 1 aromatic heterocycles. The number of rotatable bonds is 7. The number of pyridine rings is 1. The van der Waals surface area contributed by atoms with Gasteiger partial charge in [-0.05, 0) is 80.6 Å². The molecule has 0 spiro atoms. The van der Waals surface area contributed by atoms with Gasteiger partial charge in [-0.2, -0.15) is 0 Å². The zero-order valence-electron chi connectivity index (χ0n) is 17.6. The fraction of sp³-hybridized carbons (Fsp3) is 0.375. The summed E-state index contributed by atoms with van der Waals surface area (Å²) in [5.41, 5.74) is 3.44. The van der Waals surface area contributed by atoms with E-state index in [2.05, 4.69) is 39.9 Å². The minimum atomic E-state index is 0. The second-order valence-corrected chi connectivity index (χ2v) is 8.20. The Morgan fingerprint density at radius 1 is 0.968 bits per heavy atom. The van der Waals surface area contributed by atoms with Crippen LogP contribution in [0.1, 0.15) is 31.2 Å². The number of hydrogen-bond donors (Lipinski definition) is 2. The van der Waals surface area contributed by atoms with E-state index >= 15 is 0 Å². The van der Waals surface area contributed by atoms with E-state index < -0.39 is 0 Å². The Morgan fingerprint density at radius 3 is 2.39 bits per heavy atom. The van der Waals surface area contributed by atoms with Gasteiger partial charge in [-0.3, -0.25) is 4.98 Å². The Hall–Kier alpha value is -1.72. The van der Waals surface area contributed by atoms with Gasteiger partial charge in [0.1, 0.15) is 5.75 Å². The van der Waals surface area contributed by atoms with Gasteiger partial charge in [0.05, 0.1) is 12.6 Å². The van der Waals surface area contributed by atoms with Crippen LogP contribution in [0.4, 0.5) is 5.69 Å². The number of benzene rings is 2. The molecule has 0 radical (unpaired) electrons. The van der Waals surface area contributed by atoms with Crippen LogP contribution in [0, 0.1) is 0 Å².